The van der Waals surface area contributed by atoms with Crippen LogP contribution in [-0.4, -0.2) is 16.6 Å². The molecule has 0 spiro atoms. The predicted octanol–water partition coefficient (Wildman–Crippen LogP) is 0.872. The van der Waals surface area contributed by atoms with Crippen molar-refractivity contribution in [1.29, 1.82) is 0 Å². The number of nitrogens with zero attached hydrogens (tertiary/aromatic N) is 1. The molecule has 0 bridgehead atoms. The van der Waals surface area contributed by atoms with Crippen LogP contribution in [0.5, 0.6) is 0 Å². The highest BCUT2D eigenvalue weighted by molar-refractivity contribution is 6.32. The highest BCUT2D eigenvalue weighted by Crippen LogP contribution is 2.16. The SMILES string of the molecule is [NH2+]=C1CC=C(NC(=O)c2cc(F)cnc2Cl)CC1. The van der Waals surface area contributed by atoms with Crippen LogP contribution < -0.4 is 10.7 Å². The molecule has 4 nitrogen and oxygen atoms in total. The molecule has 0 radical (unpaired) electrons. The van der Waals surface area contributed by atoms with Gasteiger partial charge in [-0.05, 0) is 12.5 Å². The maximum absolute atomic E-state index is 13.0. The summed E-state index contributed by atoms with van der Waals surface area (Å²) in [6.07, 6.45) is 4.86. The van der Waals surface area contributed by atoms with E-state index in [1.165, 1.54) is 0 Å². The van der Waals surface area contributed by atoms with E-state index in [4.69, 9.17) is 17.0 Å². The summed E-state index contributed by atoms with van der Waals surface area (Å²) < 4.78 is 13.0. The number of amides is 1. The van der Waals surface area contributed by atoms with Crippen molar-refractivity contribution < 1.29 is 14.6 Å². The number of pyridine rings is 1. The van der Waals surface area contributed by atoms with Crippen LogP contribution in [-0.2, 0) is 0 Å². The van der Waals surface area contributed by atoms with E-state index in [0.717, 1.165) is 30.1 Å². The molecule has 0 aromatic carbocycles. The van der Waals surface area contributed by atoms with Gasteiger partial charge in [-0.2, -0.15) is 0 Å². The summed E-state index contributed by atoms with van der Waals surface area (Å²) in [6.45, 7) is 0. The fourth-order valence-electron chi connectivity index (χ4n) is 1.66. The highest BCUT2D eigenvalue weighted by Gasteiger charge is 2.17. The molecule has 1 aromatic heterocycles. The third-order valence-corrected chi connectivity index (χ3v) is 2.95. The van der Waals surface area contributed by atoms with Crippen LogP contribution in [0.1, 0.15) is 29.6 Å². The summed E-state index contributed by atoms with van der Waals surface area (Å²) in [5, 5.41) is 8.33. The largest absolute Gasteiger partial charge is 0.326 e. The molecule has 0 aliphatic heterocycles. The minimum Gasteiger partial charge on any atom is -0.326 e. The third-order valence-electron chi connectivity index (χ3n) is 2.65. The Bertz CT molecular complexity index is 542. The van der Waals surface area contributed by atoms with Gasteiger partial charge >= 0.3 is 0 Å². The standard InChI is InChI=1S/C12H11ClFN3O/c13-11-10(5-7(14)6-16-11)12(18)17-9-3-1-8(15)2-4-9/h3,5-6,15H,1-2,4H2,(H,17,18)/p+1. The van der Waals surface area contributed by atoms with Crippen molar-refractivity contribution in [3.8, 4) is 0 Å². The van der Waals surface area contributed by atoms with Gasteiger partial charge in [0.15, 0.2) is 5.71 Å². The Labute approximate surface area is 108 Å². The molecule has 1 aromatic rings. The van der Waals surface area contributed by atoms with Crippen LogP contribution in [0.25, 0.3) is 0 Å². The second-order valence-corrected chi connectivity index (χ2v) is 4.40. The molecule has 0 unspecified atom stereocenters. The van der Waals surface area contributed by atoms with E-state index in [1.807, 2.05) is 6.08 Å². The Hall–Kier alpha value is -1.75. The average molecular weight is 269 g/mol. The van der Waals surface area contributed by atoms with Crippen molar-refractivity contribution in [1.82, 2.24) is 10.3 Å². The summed E-state index contributed by atoms with van der Waals surface area (Å²) in [5.41, 5.74) is 1.69. The fourth-order valence-corrected chi connectivity index (χ4v) is 1.85. The number of carbonyl (C=O) groups excluding carboxylic acids is 1. The zero-order chi connectivity index (χ0) is 13.1. The summed E-state index contributed by atoms with van der Waals surface area (Å²) >= 11 is 5.75. The van der Waals surface area contributed by atoms with E-state index in [9.17, 15) is 9.18 Å². The van der Waals surface area contributed by atoms with Crippen molar-refractivity contribution in [2.45, 2.75) is 19.3 Å². The fraction of sp³-hybridized carbons (Fsp3) is 0.250. The average Bonchev–Trinajstić information content (AvgIpc) is 2.35. The molecular weight excluding hydrogens is 257 g/mol. The first-order chi connectivity index (χ1) is 8.56. The van der Waals surface area contributed by atoms with Crippen molar-refractivity contribution in [2.24, 2.45) is 0 Å². The van der Waals surface area contributed by atoms with Crippen LogP contribution in [0.15, 0.2) is 24.0 Å². The Kier molecular flexibility index (Phi) is 3.72. The van der Waals surface area contributed by atoms with Gasteiger partial charge in [0.05, 0.1) is 11.8 Å². The lowest BCUT2D eigenvalue weighted by Gasteiger charge is -2.13. The van der Waals surface area contributed by atoms with Gasteiger partial charge in [-0.15, -0.1) is 0 Å². The molecule has 1 aliphatic rings. The number of nitrogens with two attached hydrogens (primary N) is 1. The maximum atomic E-state index is 13.0. The number of nitrogens with one attached hydrogen (secondary N) is 1. The quantitative estimate of drug-likeness (QED) is 0.782. The van der Waals surface area contributed by atoms with Gasteiger partial charge in [0.1, 0.15) is 11.0 Å². The zero-order valence-electron chi connectivity index (χ0n) is 9.54. The van der Waals surface area contributed by atoms with Crippen LogP contribution in [0, 0.1) is 5.82 Å². The van der Waals surface area contributed by atoms with Gasteiger partial charge in [-0.25, -0.2) is 9.37 Å². The van der Waals surface area contributed by atoms with Crippen molar-refractivity contribution in [2.75, 3.05) is 0 Å². The molecule has 6 heteroatoms. The Morgan fingerprint density at radius 2 is 2.28 bits per heavy atom. The lowest BCUT2D eigenvalue weighted by molar-refractivity contribution is -0.118. The molecule has 1 amide bonds. The van der Waals surface area contributed by atoms with Gasteiger partial charge in [-0.3, -0.25) is 10.2 Å². The van der Waals surface area contributed by atoms with Gasteiger partial charge in [0.25, 0.3) is 5.91 Å². The van der Waals surface area contributed by atoms with E-state index in [0.29, 0.717) is 12.8 Å². The topological polar surface area (TPSA) is 67.6 Å². The van der Waals surface area contributed by atoms with Crippen LogP contribution >= 0.6 is 11.6 Å². The van der Waals surface area contributed by atoms with Gasteiger partial charge in [0.2, 0.25) is 0 Å². The number of hydrogen-bond acceptors (Lipinski definition) is 2. The first-order valence-corrected chi connectivity index (χ1v) is 5.85. The monoisotopic (exact) mass is 268 g/mol. The molecule has 18 heavy (non-hydrogen) atoms. The number of rotatable bonds is 2. The van der Waals surface area contributed by atoms with Gasteiger partial charge < -0.3 is 5.32 Å². The summed E-state index contributed by atoms with van der Waals surface area (Å²) in [4.78, 5) is 15.5. The molecule has 94 valence electrons. The first-order valence-electron chi connectivity index (χ1n) is 5.48. The maximum Gasteiger partial charge on any atom is 0.258 e. The summed E-state index contributed by atoms with van der Waals surface area (Å²) in [7, 11) is 0. The highest BCUT2D eigenvalue weighted by atomic mass is 35.5. The minimum atomic E-state index is -0.597. The molecule has 0 saturated carbocycles. The van der Waals surface area contributed by atoms with Crippen molar-refractivity contribution in [3.05, 3.63) is 40.6 Å². The van der Waals surface area contributed by atoms with E-state index < -0.39 is 11.7 Å². The molecule has 1 aliphatic carbocycles. The number of halogens is 2. The molecule has 2 rings (SSSR count). The summed E-state index contributed by atoms with van der Waals surface area (Å²) in [5.74, 6) is -1.06. The number of aromatic nitrogens is 1. The molecule has 1 heterocycles. The number of allylic oxidation sites excluding steroid dienone is 2. The zero-order valence-corrected chi connectivity index (χ0v) is 10.3. The molecular formula is C12H12ClFN3O+. The van der Waals surface area contributed by atoms with Gasteiger partial charge in [-0.1, -0.05) is 17.7 Å². The molecule has 3 N–H and O–H groups in total. The van der Waals surface area contributed by atoms with E-state index >= 15 is 0 Å². The molecule has 0 saturated heterocycles. The van der Waals surface area contributed by atoms with E-state index in [2.05, 4.69) is 10.3 Å². The smallest absolute Gasteiger partial charge is 0.258 e. The van der Waals surface area contributed by atoms with Crippen LogP contribution in [0.3, 0.4) is 0 Å². The minimum absolute atomic E-state index is 0.0172. The second-order valence-electron chi connectivity index (χ2n) is 4.04. The van der Waals surface area contributed by atoms with Gasteiger partial charge in [0, 0.05) is 18.5 Å². The summed E-state index contributed by atoms with van der Waals surface area (Å²) in [6, 6.07) is 1.06. The Balaban J connectivity index is 2.12. The lowest BCUT2D eigenvalue weighted by atomic mass is 10.0. The Morgan fingerprint density at radius 3 is 2.94 bits per heavy atom. The number of hydrogen-bond donors (Lipinski definition) is 2. The number of carbonyl (C=O) groups is 1. The lowest BCUT2D eigenvalue weighted by Crippen LogP contribution is -2.41. The molecule has 0 atom stereocenters. The van der Waals surface area contributed by atoms with Crippen molar-refractivity contribution >= 4 is 23.2 Å². The predicted molar refractivity (Wildman–Crippen MR) is 65.5 cm³/mol. The van der Waals surface area contributed by atoms with Crippen LogP contribution in [0.4, 0.5) is 4.39 Å². The first kappa shape index (κ1) is 12.7. The van der Waals surface area contributed by atoms with E-state index in [1.54, 1.807) is 0 Å². The Morgan fingerprint density at radius 1 is 1.50 bits per heavy atom. The third kappa shape index (κ3) is 2.92. The molecule has 0 fully saturated rings. The normalized spacial score (nSPS) is 15.2. The van der Waals surface area contributed by atoms with Crippen molar-refractivity contribution in [3.63, 3.8) is 0 Å². The van der Waals surface area contributed by atoms with E-state index in [-0.39, 0.29) is 10.7 Å². The second kappa shape index (κ2) is 5.27. The van der Waals surface area contributed by atoms with Crippen LogP contribution in [0.2, 0.25) is 5.15 Å².